The first kappa shape index (κ1) is 11.2. The maximum Gasteiger partial charge on any atom is 0.101 e. The Labute approximate surface area is 93.1 Å². The van der Waals surface area contributed by atoms with Gasteiger partial charge in [-0.05, 0) is 31.5 Å². The molecule has 0 saturated carbocycles. The minimum Gasteiger partial charge on any atom is -0.296 e. The molecule has 0 bridgehead atoms. The van der Waals surface area contributed by atoms with Gasteiger partial charge in [0.25, 0.3) is 0 Å². The highest BCUT2D eigenvalue weighted by Gasteiger charge is 2.14. The van der Waals surface area contributed by atoms with Crippen LogP contribution in [0.25, 0.3) is 0 Å². The summed E-state index contributed by atoms with van der Waals surface area (Å²) in [5, 5.41) is 12.0. The summed E-state index contributed by atoms with van der Waals surface area (Å²) in [6, 6.07) is 10.3. The van der Waals surface area contributed by atoms with E-state index in [-0.39, 0.29) is 0 Å². The number of hydrogen-bond donors (Lipinski definition) is 1. The molecule has 3 heteroatoms. The lowest BCUT2D eigenvalue weighted by molar-refractivity contribution is 0.485. The average molecular weight is 253 g/mol. The summed E-state index contributed by atoms with van der Waals surface area (Å²) in [7, 11) is 0. The molecule has 0 aliphatic carbocycles. The summed E-state index contributed by atoms with van der Waals surface area (Å²) in [5.74, 6) is 0. The normalized spacial score (nSPS) is 11.0. The van der Waals surface area contributed by atoms with E-state index in [1.807, 2.05) is 38.1 Å². The Balaban J connectivity index is 2.59. The van der Waals surface area contributed by atoms with Crippen LogP contribution in [0.15, 0.2) is 28.7 Å². The molecule has 0 spiro atoms. The molecular formula is C11H13BrN2. The Morgan fingerprint density at radius 3 is 2.79 bits per heavy atom. The number of halogens is 1. The van der Waals surface area contributed by atoms with Gasteiger partial charge in [0.15, 0.2) is 0 Å². The third kappa shape index (κ3) is 3.49. The van der Waals surface area contributed by atoms with Crippen molar-refractivity contribution in [2.75, 3.05) is 0 Å². The van der Waals surface area contributed by atoms with E-state index in [1.54, 1.807) is 0 Å². The van der Waals surface area contributed by atoms with E-state index >= 15 is 0 Å². The van der Waals surface area contributed by atoms with Gasteiger partial charge in [0.1, 0.15) is 5.54 Å². The third-order valence-electron chi connectivity index (χ3n) is 1.90. The first-order valence-electron chi connectivity index (χ1n) is 4.44. The van der Waals surface area contributed by atoms with Crippen molar-refractivity contribution in [3.05, 3.63) is 34.3 Å². The third-order valence-corrected chi connectivity index (χ3v) is 2.40. The van der Waals surface area contributed by atoms with Crippen LogP contribution in [-0.2, 0) is 6.54 Å². The summed E-state index contributed by atoms with van der Waals surface area (Å²) in [5.41, 5.74) is 0.699. The largest absolute Gasteiger partial charge is 0.296 e. The molecule has 0 aromatic heterocycles. The van der Waals surface area contributed by atoms with E-state index in [0.29, 0.717) is 6.54 Å². The minimum absolute atomic E-state index is 0.470. The fourth-order valence-electron chi connectivity index (χ4n) is 1.01. The number of hydrogen-bond acceptors (Lipinski definition) is 2. The molecule has 14 heavy (non-hydrogen) atoms. The Morgan fingerprint density at radius 1 is 1.50 bits per heavy atom. The highest BCUT2D eigenvalue weighted by atomic mass is 79.9. The van der Waals surface area contributed by atoms with Crippen molar-refractivity contribution in [3.8, 4) is 6.07 Å². The molecule has 2 nitrogen and oxygen atoms in total. The van der Waals surface area contributed by atoms with Crippen LogP contribution in [0, 0.1) is 11.3 Å². The second-order valence-electron chi connectivity index (χ2n) is 3.72. The van der Waals surface area contributed by atoms with E-state index in [1.165, 1.54) is 5.56 Å². The molecule has 0 unspecified atom stereocenters. The maximum absolute atomic E-state index is 8.80. The van der Waals surface area contributed by atoms with Crippen LogP contribution in [-0.4, -0.2) is 5.54 Å². The lowest BCUT2D eigenvalue weighted by Crippen LogP contribution is -2.36. The molecule has 1 aromatic rings. The van der Waals surface area contributed by atoms with Gasteiger partial charge in [0, 0.05) is 11.0 Å². The van der Waals surface area contributed by atoms with Gasteiger partial charge in [-0.3, -0.25) is 5.32 Å². The fraction of sp³-hybridized carbons (Fsp3) is 0.364. The van der Waals surface area contributed by atoms with Crippen LogP contribution in [0.1, 0.15) is 19.4 Å². The van der Waals surface area contributed by atoms with Crippen molar-refractivity contribution >= 4 is 15.9 Å². The highest BCUT2D eigenvalue weighted by Crippen LogP contribution is 2.12. The van der Waals surface area contributed by atoms with Crippen molar-refractivity contribution in [1.82, 2.24) is 5.32 Å². The molecule has 0 amide bonds. The second-order valence-corrected chi connectivity index (χ2v) is 4.64. The summed E-state index contributed by atoms with van der Waals surface area (Å²) in [6.45, 7) is 4.44. The van der Waals surface area contributed by atoms with Crippen molar-refractivity contribution in [3.63, 3.8) is 0 Å². The predicted octanol–water partition coefficient (Wildman–Crippen LogP) is 2.84. The number of benzene rings is 1. The van der Waals surface area contributed by atoms with Gasteiger partial charge < -0.3 is 0 Å². The molecule has 0 saturated heterocycles. The molecule has 1 aromatic carbocycles. The predicted molar refractivity (Wildman–Crippen MR) is 60.7 cm³/mol. The van der Waals surface area contributed by atoms with Gasteiger partial charge >= 0.3 is 0 Å². The van der Waals surface area contributed by atoms with Gasteiger partial charge in [-0.25, -0.2) is 0 Å². The molecule has 1 rings (SSSR count). The first-order chi connectivity index (χ1) is 6.53. The van der Waals surface area contributed by atoms with E-state index < -0.39 is 5.54 Å². The minimum atomic E-state index is -0.470. The number of nitriles is 1. The van der Waals surface area contributed by atoms with Crippen LogP contribution in [0.2, 0.25) is 0 Å². The Bertz CT molecular complexity index is 353. The molecule has 0 aliphatic rings. The Kier molecular flexibility index (Phi) is 3.68. The summed E-state index contributed by atoms with van der Waals surface area (Å²) >= 11 is 3.41. The van der Waals surface area contributed by atoms with Gasteiger partial charge in [-0.1, -0.05) is 28.1 Å². The van der Waals surface area contributed by atoms with Crippen molar-refractivity contribution in [2.45, 2.75) is 25.9 Å². The van der Waals surface area contributed by atoms with E-state index in [0.717, 1.165) is 4.47 Å². The summed E-state index contributed by atoms with van der Waals surface area (Å²) in [6.07, 6.45) is 0. The van der Waals surface area contributed by atoms with Crippen LogP contribution < -0.4 is 5.32 Å². The van der Waals surface area contributed by atoms with Crippen LogP contribution in [0.5, 0.6) is 0 Å². The van der Waals surface area contributed by atoms with E-state index in [2.05, 4.69) is 27.3 Å². The standard InChI is InChI=1S/C11H13BrN2/c1-11(2,8-13)14-7-9-4-3-5-10(12)6-9/h3-6,14H,7H2,1-2H3. The molecule has 74 valence electrons. The highest BCUT2D eigenvalue weighted by molar-refractivity contribution is 9.10. The number of nitrogens with zero attached hydrogens (tertiary/aromatic N) is 1. The van der Waals surface area contributed by atoms with Gasteiger partial charge in [-0.15, -0.1) is 0 Å². The number of nitrogens with one attached hydrogen (secondary N) is 1. The lowest BCUT2D eigenvalue weighted by Gasteiger charge is -2.17. The molecular weight excluding hydrogens is 240 g/mol. The van der Waals surface area contributed by atoms with Crippen molar-refractivity contribution < 1.29 is 0 Å². The summed E-state index contributed by atoms with van der Waals surface area (Å²) in [4.78, 5) is 0. The zero-order chi connectivity index (χ0) is 10.6. The fourth-order valence-corrected chi connectivity index (χ4v) is 1.46. The van der Waals surface area contributed by atoms with Crippen molar-refractivity contribution in [1.29, 1.82) is 5.26 Å². The van der Waals surface area contributed by atoms with Gasteiger partial charge in [0.2, 0.25) is 0 Å². The topological polar surface area (TPSA) is 35.8 Å². The second kappa shape index (κ2) is 4.59. The van der Waals surface area contributed by atoms with Crippen LogP contribution >= 0.6 is 15.9 Å². The quantitative estimate of drug-likeness (QED) is 0.899. The zero-order valence-corrected chi connectivity index (χ0v) is 9.93. The van der Waals surface area contributed by atoms with Gasteiger partial charge in [0.05, 0.1) is 6.07 Å². The SMILES string of the molecule is CC(C)(C#N)NCc1cccc(Br)c1. The van der Waals surface area contributed by atoms with E-state index in [4.69, 9.17) is 5.26 Å². The summed E-state index contributed by atoms with van der Waals surface area (Å²) < 4.78 is 1.06. The first-order valence-corrected chi connectivity index (χ1v) is 5.23. The smallest absolute Gasteiger partial charge is 0.101 e. The lowest BCUT2D eigenvalue weighted by atomic mass is 10.1. The molecule has 0 aliphatic heterocycles. The Hall–Kier alpha value is -0.850. The molecule has 0 heterocycles. The van der Waals surface area contributed by atoms with E-state index in [9.17, 15) is 0 Å². The maximum atomic E-state index is 8.80. The van der Waals surface area contributed by atoms with Crippen LogP contribution in [0.4, 0.5) is 0 Å². The number of rotatable bonds is 3. The zero-order valence-electron chi connectivity index (χ0n) is 8.34. The molecule has 1 N–H and O–H groups in total. The van der Waals surface area contributed by atoms with Gasteiger partial charge in [-0.2, -0.15) is 5.26 Å². The Morgan fingerprint density at radius 2 is 2.21 bits per heavy atom. The molecule has 0 radical (unpaired) electrons. The average Bonchev–Trinajstić information content (AvgIpc) is 2.15. The molecule has 0 fully saturated rings. The van der Waals surface area contributed by atoms with Crippen LogP contribution in [0.3, 0.4) is 0 Å². The molecule has 0 atom stereocenters. The van der Waals surface area contributed by atoms with Crippen molar-refractivity contribution in [2.24, 2.45) is 0 Å². The monoisotopic (exact) mass is 252 g/mol.